The normalized spacial score (nSPS) is 17.9. The van der Waals surface area contributed by atoms with Gasteiger partial charge in [-0.05, 0) is 38.3 Å². The average molecular weight is 278 g/mol. The number of carbonyl (C=O) groups excluding carboxylic acids is 1. The molecular weight excluding hydrogens is 256 g/mol. The van der Waals surface area contributed by atoms with Gasteiger partial charge in [0.1, 0.15) is 5.82 Å². The number of likely N-dealkylation sites (tertiary alicyclic amines) is 1. The first-order valence-corrected chi connectivity index (χ1v) is 7.11. The molecule has 1 amide bonds. The standard InChI is InChI=1S/C14H22N4O2/c1-3-8-15-12-5-4-11(16-17-12)13(19)18-9-6-14(2,20)7-10-18/h4-5,20H,3,6-10H2,1-2H3,(H,15,17). The van der Waals surface area contributed by atoms with Crippen LogP contribution in [0.2, 0.25) is 0 Å². The molecule has 1 saturated heterocycles. The fourth-order valence-corrected chi connectivity index (χ4v) is 2.15. The predicted molar refractivity (Wildman–Crippen MR) is 76.6 cm³/mol. The van der Waals surface area contributed by atoms with E-state index >= 15 is 0 Å². The van der Waals surface area contributed by atoms with Crippen LogP contribution in [0.5, 0.6) is 0 Å². The minimum atomic E-state index is -0.656. The largest absolute Gasteiger partial charge is 0.390 e. The number of carbonyl (C=O) groups is 1. The number of amides is 1. The SMILES string of the molecule is CCCNc1ccc(C(=O)N2CCC(C)(O)CC2)nn1. The highest BCUT2D eigenvalue weighted by atomic mass is 16.3. The van der Waals surface area contributed by atoms with Crippen molar-refractivity contribution in [3.63, 3.8) is 0 Å². The summed E-state index contributed by atoms with van der Waals surface area (Å²) in [6.07, 6.45) is 2.21. The lowest BCUT2D eigenvalue weighted by Crippen LogP contribution is -2.45. The molecule has 1 aromatic rings. The molecule has 1 aliphatic heterocycles. The Bertz CT molecular complexity index is 449. The Morgan fingerprint density at radius 3 is 2.65 bits per heavy atom. The summed E-state index contributed by atoms with van der Waals surface area (Å²) in [7, 11) is 0. The van der Waals surface area contributed by atoms with E-state index in [9.17, 15) is 9.90 Å². The van der Waals surface area contributed by atoms with Crippen molar-refractivity contribution < 1.29 is 9.90 Å². The van der Waals surface area contributed by atoms with Crippen molar-refractivity contribution in [2.24, 2.45) is 0 Å². The molecule has 6 heteroatoms. The smallest absolute Gasteiger partial charge is 0.274 e. The van der Waals surface area contributed by atoms with Gasteiger partial charge in [0.2, 0.25) is 0 Å². The molecule has 1 aromatic heterocycles. The molecule has 2 heterocycles. The molecule has 110 valence electrons. The molecular formula is C14H22N4O2. The number of hydrogen-bond donors (Lipinski definition) is 2. The van der Waals surface area contributed by atoms with Crippen molar-refractivity contribution in [1.29, 1.82) is 0 Å². The van der Waals surface area contributed by atoms with Crippen molar-refractivity contribution in [2.45, 2.75) is 38.7 Å². The van der Waals surface area contributed by atoms with Gasteiger partial charge in [-0.3, -0.25) is 4.79 Å². The van der Waals surface area contributed by atoms with Crippen molar-refractivity contribution in [1.82, 2.24) is 15.1 Å². The summed E-state index contributed by atoms with van der Waals surface area (Å²) >= 11 is 0. The Morgan fingerprint density at radius 2 is 2.10 bits per heavy atom. The lowest BCUT2D eigenvalue weighted by molar-refractivity contribution is -0.00222. The van der Waals surface area contributed by atoms with Gasteiger partial charge in [0, 0.05) is 19.6 Å². The van der Waals surface area contributed by atoms with Crippen LogP contribution in [0.4, 0.5) is 5.82 Å². The van der Waals surface area contributed by atoms with Gasteiger partial charge >= 0.3 is 0 Å². The van der Waals surface area contributed by atoms with E-state index in [4.69, 9.17) is 0 Å². The predicted octanol–water partition coefficient (Wildman–Crippen LogP) is 1.29. The molecule has 0 aliphatic carbocycles. The van der Waals surface area contributed by atoms with E-state index in [1.165, 1.54) is 0 Å². The number of nitrogens with one attached hydrogen (secondary N) is 1. The minimum absolute atomic E-state index is 0.116. The van der Waals surface area contributed by atoms with Gasteiger partial charge in [0.25, 0.3) is 5.91 Å². The van der Waals surface area contributed by atoms with Crippen LogP contribution in [-0.4, -0.2) is 51.3 Å². The second kappa shape index (κ2) is 6.17. The third kappa shape index (κ3) is 3.66. The average Bonchev–Trinajstić information content (AvgIpc) is 2.45. The summed E-state index contributed by atoms with van der Waals surface area (Å²) in [5.41, 5.74) is -0.301. The van der Waals surface area contributed by atoms with Crippen LogP contribution < -0.4 is 5.32 Å². The maximum atomic E-state index is 12.3. The number of nitrogens with zero attached hydrogens (tertiary/aromatic N) is 3. The lowest BCUT2D eigenvalue weighted by atomic mass is 9.94. The van der Waals surface area contributed by atoms with Crippen molar-refractivity contribution in [3.8, 4) is 0 Å². The van der Waals surface area contributed by atoms with E-state index in [2.05, 4.69) is 22.4 Å². The number of rotatable bonds is 4. The topological polar surface area (TPSA) is 78.4 Å². The van der Waals surface area contributed by atoms with Gasteiger partial charge in [-0.25, -0.2) is 0 Å². The third-order valence-electron chi connectivity index (χ3n) is 3.57. The lowest BCUT2D eigenvalue weighted by Gasteiger charge is -2.35. The highest BCUT2D eigenvalue weighted by Gasteiger charge is 2.30. The summed E-state index contributed by atoms with van der Waals surface area (Å²) in [6.45, 7) is 5.84. The van der Waals surface area contributed by atoms with Gasteiger partial charge in [0.15, 0.2) is 5.69 Å². The van der Waals surface area contributed by atoms with Crippen molar-refractivity contribution in [3.05, 3.63) is 17.8 Å². The number of aromatic nitrogens is 2. The molecule has 2 rings (SSSR count). The quantitative estimate of drug-likeness (QED) is 0.867. The maximum Gasteiger partial charge on any atom is 0.274 e. The van der Waals surface area contributed by atoms with Crippen LogP contribution in [0.15, 0.2) is 12.1 Å². The van der Waals surface area contributed by atoms with Crippen molar-refractivity contribution >= 4 is 11.7 Å². The molecule has 0 spiro atoms. The molecule has 0 bridgehead atoms. The monoisotopic (exact) mass is 278 g/mol. The van der Waals surface area contributed by atoms with Gasteiger partial charge in [-0.1, -0.05) is 6.92 Å². The summed E-state index contributed by atoms with van der Waals surface area (Å²) in [6, 6.07) is 3.47. The first-order chi connectivity index (χ1) is 9.52. The van der Waals surface area contributed by atoms with E-state index in [1.54, 1.807) is 17.0 Å². The Morgan fingerprint density at radius 1 is 1.40 bits per heavy atom. The molecule has 0 aromatic carbocycles. The Balaban J connectivity index is 1.96. The van der Waals surface area contributed by atoms with Gasteiger partial charge in [0.05, 0.1) is 5.60 Å². The van der Waals surface area contributed by atoms with Gasteiger partial charge in [-0.2, -0.15) is 0 Å². The molecule has 6 nitrogen and oxygen atoms in total. The number of aliphatic hydroxyl groups is 1. The van der Waals surface area contributed by atoms with Crippen LogP contribution >= 0.6 is 0 Å². The molecule has 20 heavy (non-hydrogen) atoms. The van der Waals surface area contributed by atoms with Crippen LogP contribution in [0.1, 0.15) is 43.6 Å². The molecule has 0 radical (unpaired) electrons. The van der Waals surface area contributed by atoms with Crippen LogP contribution in [0.3, 0.4) is 0 Å². The molecule has 0 unspecified atom stereocenters. The first-order valence-electron chi connectivity index (χ1n) is 7.11. The molecule has 1 aliphatic rings. The van der Waals surface area contributed by atoms with Gasteiger partial charge < -0.3 is 15.3 Å². The maximum absolute atomic E-state index is 12.3. The van der Waals surface area contributed by atoms with E-state index in [1.807, 2.05) is 6.92 Å². The summed E-state index contributed by atoms with van der Waals surface area (Å²) in [5.74, 6) is 0.569. The zero-order valence-corrected chi connectivity index (χ0v) is 12.1. The third-order valence-corrected chi connectivity index (χ3v) is 3.57. The van der Waals surface area contributed by atoms with Gasteiger partial charge in [-0.15, -0.1) is 10.2 Å². The van der Waals surface area contributed by atoms with Crippen LogP contribution in [-0.2, 0) is 0 Å². The number of piperidine rings is 1. The Hall–Kier alpha value is -1.69. The molecule has 0 atom stereocenters. The molecule has 2 N–H and O–H groups in total. The summed E-state index contributed by atoms with van der Waals surface area (Å²) in [5, 5.41) is 21.0. The number of hydrogen-bond acceptors (Lipinski definition) is 5. The Labute approximate surface area is 119 Å². The van der Waals surface area contributed by atoms with E-state index in [-0.39, 0.29) is 5.91 Å². The zero-order chi connectivity index (χ0) is 14.6. The summed E-state index contributed by atoms with van der Waals surface area (Å²) in [4.78, 5) is 14.0. The fraction of sp³-hybridized carbons (Fsp3) is 0.643. The first kappa shape index (κ1) is 14.7. The summed E-state index contributed by atoms with van der Waals surface area (Å²) < 4.78 is 0. The second-order valence-electron chi connectivity index (χ2n) is 5.52. The molecule has 1 fully saturated rings. The van der Waals surface area contributed by atoms with E-state index in [0.29, 0.717) is 37.4 Å². The zero-order valence-electron chi connectivity index (χ0n) is 12.1. The van der Waals surface area contributed by atoms with E-state index in [0.717, 1.165) is 13.0 Å². The fourth-order valence-electron chi connectivity index (χ4n) is 2.15. The highest BCUT2D eigenvalue weighted by molar-refractivity contribution is 5.92. The Kier molecular flexibility index (Phi) is 4.54. The van der Waals surface area contributed by atoms with Crippen LogP contribution in [0.25, 0.3) is 0 Å². The van der Waals surface area contributed by atoms with Crippen LogP contribution in [0, 0.1) is 0 Å². The molecule has 0 saturated carbocycles. The highest BCUT2D eigenvalue weighted by Crippen LogP contribution is 2.22. The van der Waals surface area contributed by atoms with Crippen molar-refractivity contribution in [2.75, 3.05) is 25.0 Å². The number of anilines is 1. The second-order valence-corrected chi connectivity index (χ2v) is 5.52. The minimum Gasteiger partial charge on any atom is -0.390 e. The van der Waals surface area contributed by atoms with E-state index < -0.39 is 5.60 Å².